The molecule has 0 aliphatic carbocycles. The van der Waals surface area contributed by atoms with Crippen LogP contribution in [0.15, 0.2) is 24.3 Å². The lowest BCUT2D eigenvalue weighted by molar-refractivity contribution is -0.125. The van der Waals surface area contributed by atoms with E-state index in [1.807, 2.05) is 45.0 Å². The predicted octanol–water partition coefficient (Wildman–Crippen LogP) is 1.43. The van der Waals surface area contributed by atoms with Crippen LogP contribution in [0.3, 0.4) is 0 Å². The fraction of sp³-hybridized carbons (Fsp3) is 0.467. The standard InChI is InChI=1S/C15H22N2O2/c1-11(2)9-16-15(19)10-17-14(18)8-13-7-5-4-6-12(13)3/h4-7,11H,8-10H2,1-3H3,(H,16,19)(H,17,18). The molecule has 0 fully saturated rings. The molecule has 104 valence electrons. The third-order valence-corrected chi connectivity index (χ3v) is 2.77. The van der Waals surface area contributed by atoms with Gasteiger partial charge in [-0.2, -0.15) is 0 Å². The van der Waals surface area contributed by atoms with Gasteiger partial charge in [-0.05, 0) is 24.0 Å². The third-order valence-electron chi connectivity index (χ3n) is 2.77. The van der Waals surface area contributed by atoms with Crippen molar-refractivity contribution in [1.29, 1.82) is 0 Å². The number of aryl methyl sites for hydroxylation is 1. The number of carbonyl (C=O) groups is 2. The molecule has 1 aromatic carbocycles. The first-order chi connectivity index (χ1) is 8.99. The monoisotopic (exact) mass is 262 g/mol. The van der Waals surface area contributed by atoms with Crippen molar-refractivity contribution >= 4 is 11.8 Å². The summed E-state index contributed by atoms with van der Waals surface area (Å²) in [4.78, 5) is 23.2. The lowest BCUT2D eigenvalue weighted by atomic mass is 10.1. The van der Waals surface area contributed by atoms with Crippen LogP contribution >= 0.6 is 0 Å². The van der Waals surface area contributed by atoms with Crippen LogP contribution in [-0.4, -0.2) is 24.9 Å². The SMILES string of the molecule is Cc1ccccc1CC(=O)NCC(=O)NCC(C)C. The first-order valence-electron chi connectivity index (χ1n) is 6.57. The molecule has 2 N–H and O–H groups in total. The number of nitrogens with one attached hydrogen (secondary N) is 2. The van der Waals surface area contributed by atoms with Crippen molar-refractivity contribution in [2.24, 2.45) is 5.92 Å². The van der Waals surface area contributed by atoms with E-state index < -0.39 is 0 Å². The van der Waals surface area contributed by atoms with Gasteiger partial charge in [0.1, 0.15) is 0 Å². The predicted molar refractivity (Wildman–Crippen MR) is 75.7 cm³/mol. The maximum absolute atomic E-state index is 11.7. The van der Waals surface area contributed by atoms with Gasteiger partial charge in [0.05, 0.1) is 13.0 Å². The van der Waals surface area contributed by atoms with Crippen molar-refractivity contribution < 1.29 is 9.59 Å². The van der Waals surface area contributed by atoms with Crippen LogP contribution in [0.4, 0.5) is 0 Å². The van der Waals surface area contributed by atoms with E-state index in [1.54, 1.807) is 0 Å². The van der Waals surface area contributed by atoms with Crippen LogP contribution < -0.4 is 10.6 Å². The second-order valence-corrected chi connectivity index (χ2v) is 5.08. The summed E-state index contributed by atoms with van der Waals surface area (Å²) in [5.74, 6) is 0.132. The maximum Gasteiger partial charge on any atom is 0.239 e. The summed E-state index contributed by atoms with van der Waals surface area (Å²) in [6.07, 6.45) is 0.310. The van der Waals surface area contributed by atoms with E-state index in [0.717, 1.165) is 11.1 Å². The minimum absolute atomic E-state index is 0.0391. The molecular weight excluding hydrogens is 240 g/mol. The summed E-state index contributed by atoms with van der Waals surface area (Å²) in [5, 5.41) is 5.39. The molecular formula is C15H22N2O2. The van der Waals surface area contributed by atoms with E-state index in [4.69, 9.17) is 0 Å². The maximum atomic E-state index is 11.7. The highest BCUT2D eigenvalue weighted by atomic mass is 16.2. The average molecular weight is 262 g/mol. The molecule has 0 spiro atoms. The van der Waals surface area contributed by atoms with E-state index in [0.29, 0.717) is 18.9 Å². The highest BCUT2D eigenvalue weighted by molar-refractivity contribution is 5.85. The van der Waals surface area contributed by atoms with Gasteiger partial charge in [0.25, 0.3) is 0 Å². The van der Waals surface area contributed by atoms with E-state index in [-0.39, 0.29) is 18.4 Å². The van der Waals surface area contributed by atoms with Crippen molar-refractivity contribution in [3.8, 4) is 0 Å². The quantitative estimate of drug-likeness (QED) is 0.814. The summed E-state index contributed by atoms with van der Waals surface area (Å²) < 4.78 is 0. The number of amides is 2. The first kappa shape index (κ1) is 15.2. The van der Waals surface area contributed by atoms with Crippen LogP contribution in [0.2, 0.25) is 0 Å². The summed E-state index contributed by atoms with van der Waals surface area (Å²) in [7, 11) is 0. The van der Waals surface area contributed by atoms with Crippen molar-refractivity contribution in [3.05, 3.63) is 35.4 Å². The topological polar surface area (TPSA) is 58.2 Å². The van der Waals surface area contributed by atoms with Gasteiger partial charge in [-0.3, -0.25) is 9.59 Å². The van der Waals surface area contributed by atoms with Crippen molar-refractivity contribution in [2.75, 3.05) is 13.1 Å². The summed E-state index contributed by atoms with van der Waals surface area (Å²) >= 11 is 0. The van der Waals surface area contributed by atoms with Crippen LogP contribution in [0, 0.1) is 12.8 Å². The Labute approximate surface area is 114 Å². The Morgan fingerprint density at radius 3 is 2.42 bits per heavy atom. The lowest BCUT2D eigenvalue weighted by Gasteiger charge is -2.09. The zero-order chi connectivity index (χ0) is 14.3. The Kier molecular flexibility index (Phi) is 6.06. The Morgan fingerprint density at radius 2 is 1.79 bits per heavy atom. The number of carbonyl (C=O) groups excluding carboxylic acids is 2. The molecule has 0 aromatic heterocycles. The molecule has 0 aliphatic heterocycles. The Hall–Kier alpha value is -1.84. The van der Waals surface area contributed by atoms with Crippen molar-refractivity contribution in [1.82, 2.24) is 10.6 Å². The van der Waals surface area contributed by atoms with Gasteiger partial charge in [-0.1, -0.05) is 38.1 Å². The van der Waals surface area contributed by atoms with Crippen molar-refractivity contribution in [2.45, 2.75) is 27.2 Å². The lowest BCUT2D eigenvalue weighted by Crippen LogP contribution is -2.38. The molecule has 4 heteroatoms. The zero-order valence-corrected chi connectivity index (χ0v) is 11.8. The van der Waals surface area contributed by atoms with Gasteiger partial charge in [-0.15, -0.1) is 0 Å². The van der Waals surface area contributed by atoms with Gasteiger partial charge in [-0.25, -0.2) is 0 Å². The van der Waals surface area contributed by atoms with Gasteiger partial charge in [0, 0.05) is 6.54 Å². The molecule has 2 amide bonds. The van der Waals surface area contributed by atoms with E-state index in [1.165, 1.54) is 0 Å². The summed E-state index contributed by atoms with van der Waals surface area (Å²) in [5.41, 5.74) is 2.07. The first-order valence-corrected chi connectivity index (χ1v) is 6.57. The van der Waals surface area contributed by atoms with Crippen LogP contribution in [0.25, 0.3) is 0 Å². The fourth-order valence-corrected chi connectivity index (χ4v) is 1.60. The third kappa shape index (κ3) is 6.04. The van der Waals surface area contributed by atoms with Gasteiger partial charge < -0.3 is 10.6 Å². The molecule has 4 nitrogen and oxygen atoms in total. The minimum atomic E-state index is -0.146. The van der Waals surface area contributed by atoms with E-state index in [9.17, 15) is 9.59 Å². The highest BCUT2D eigenvalue weighted by Gasteiger charge is 2.07. The van der Waals surface area contributed by atoms with E-state index >= 15 is 0 Å². The van der Waals surface area contributed by atoms with Crippen LogP contribution in [0.1, 0.15) is 25.0 Å². The zero-order valence-electron chi connectivity index (χ0n) is 11.8. The molecule has 0 heterocycles. The normalized spacial score (nSPS) is 10.3. The van der Waals surface area contributed by atoms with Gasteiger partial charge in [0.15, 0.2) is 0 Å². The second-order valence-electron chi connectivity index (χ2n) is 5.08. The largest absolute Gasteiger partial charge is 0.354 e. The molecule has 19 heavy (non-hydrogen) atoms. The van der Waals surface area contributed by atoms with E-state index in [2.05, 4.69) is 10.6 Å². The highest BCUT2D eigenvalue weighted by Crippen LogP contribution is 2.07. The Balaban J connectivity index is 2.32. The van der Waals surface area contributed by atoms with Gasteiger partial charge >= 0.3 is 0 Å². The molecule has 1 rings (SSSR count). The molecule has 0 saturated carbocycles. The number of benzene rings is 1. The summed E-state index contributed by atoms with van der Waals surface area (Å²) in [6.45, 7) is 6.69. The van der Waals surface area contributed by atoms with Gasteiger partial charge in [0.2, 0.25) is 11.8 Å². The number of rotatable bonds is 6. The number of hydrogen-bond acceptors (Lipinski definition) is 2. The van der Waals surface area contributed by atoms with Crippen LogP contribution in [0.5, 0.6) is 0 Å². The Bertz CT molecular complexity index is 442. The molecule has 0 unspecified atom stereocenters. The molecule has 1 aromatic rings. The molecule has 0 bridgehead atoms. The minimum Gasteiger partial charge on any atom is -0.354 e. The second kappa shape index (κ2) is 7.56. The van der Waals surface area contributed by atoms with Crippen molar-refractivity contribution in [3.63, 3.8) is 0 Å². The summed E-state index contributed by atoms with van der Waals surface area (Å²) in [6, 6.07) is 7.74. The molecule has 0 aliphatic rings. The number of hydrogen-bond donors (Lipinski definition) is 2. The Morgan fingerprint density at radius 1 is 1.11 bits per heavy atom. The van der Waals surface area contributed by atoms with Crippen LogP contribution in [-0.2, 0) is 16.0 Å². The molecule has 0 radical (unpaired) electrons. The smallest absolute Gasteiger partial charge is 0.239 e. The fourth-order valence-electron chi connectivity index (χ4n) is 1.60. The molecule has 0 saturated heterocycles. The molecule has 0 atom stereocenters. The average Bonchev–Trinajstić information content (AvgIpc) is 2.36.